The van der Waals surface area contributed by atoms with E-state index in [1.54, 1.807) is 13.1 Å². The number of furan rings is 1. The van der Waals surface area contributed by atoms with Crippen molar-refractivity contribution in [3.63, 3.8) is 0 Å². The average molecular weight is 379 g/mol. The smallest absolute Gasteiger partial charge is 0.336 e. The Morgan fingerprint density at radius 3 is 2.32 bits per heavy atom. The third-order valence-electron chi connectivity index (χ3n) is 3.90. The highest BCUT2D eigenvalue weighted by Gasteiger charge is 2.14. The van der Waals surface area contributed by atoms with Gasteiger partial charge in [-0.1, -0.05) is 48.5 Å². The van der Waals surface area contributed by atoms with Crippen LogP contribution in [0, 0.1) is 0 Å². The second-order valence-corrected chi connectivity index (χ2v) is 6.09. The van der Waals surface area contributed by atoms with Crippen LogP contribution in [0.2, 0.25) is 0 Å². The van der Waals surface area contributed by atoms with Crippen molar-refractivity contribution in [2.75, 3.05) is 7.05 Å². The molecule has 28 heavy (non-hydrogen) atoms. The number of rotatable bonds is 6. The molecule has 0 spiro atoms. The van der Waals surface area contributed by atoms with Crippen LogP contribution in [0.4, 0.5) is 4.79 Å². The summed E-state index contributed by atoms with van der Waals surface area (Å²) in [4.78, 5) is 25.7. The summed E-state index contributed by atoms with van der Waals surface area (Å²) >= 11 is 0. The third kappa shape index (κ3) is 5.38. The minimum absolute atomic E-state index is 0.0812. The Balaban J connectivity index is 1.45. The standard InChI is InChI=1S/C21H21N3O4/c1-24(14-16-8-4-2-5-9-16)21(26)23-22-20(25)19-13-12-18(28-19)15-27-17-10-6-3-7-11-17/h2-13H,14-15H2,1H3,(H,22,25)(H,23,26). The summed E-state index contributed by atoms with van der Waals surface area (Å²) in [7, 11) is 1.64. The number of hydrazine groups is 1. The lowest BCUT2D eigenvalue weighted by Gasteiger charge is -2.18. The average Bonchev–Trinajstić information content (AvgIpc) is 3.21. The Bertz CT molecular complexity index is 910. The van der Waals surface area contributed by atoms with Gasteiger partial charge in [0.15, 0.2) is 5.76 Å². The molecule has 0 saturated carbocycles. The summed E-state index contributed by atoms with van der Waals surface area (Å²) in [5.74, 6) is 0.741. The number of amides is 3. The van der Waals surface area contributed by atoms with Gasteiger partial charge in [-0.2, -0.15) is 0 Å². The number of hydrogen-bond donors (Lipinski definition) is 2. The van der Waals surface area contributed by atoms with E-state index in [0.717, 1.165) is 5.56 Å². The normalized spacial score (nSPS) is 10.2. The van der Waals surface area contributed by atoms with E-state index in [2.05, 4.69) is 10.9 Å². The van der Waals surface area contributed by atoms with Gasteiger partial charge in [0.1, 0.15) is 18.1 Å². The molecule has 0 unspecified atom stereocenters. The van der Waals surface area contributed by atoms with Crippen molar-refractivity contribution in [1.29, 1.82) is 0 Å². The lowest BCUT2D eigenvalue weighted by molar-refractivity contribution is 0.0899. The van der Waals surface area contributed by atoms with E-state index in [9.17, 15) is 9.59 Å². The summed E-state index contributed by atoms with van der Waals surface area (Å²) < 4.78 is 11.0. The van der Waals surface area contributed by atoms with Crippen LogP contribution in [0.3, 0.4) is 0 Å². The van der Waals surface area contributed by atoms with Gasteiger partial charge >= 0.3 is 11.9 Å². The molecule has 2 N–H and O–H groups in total. The number of carbonyl (C=O) groups is 2. The zero-order valence-corrected chi connectivity index (χ0v) is 15.4. The van der Waals surface area contributed by atoms with Gasteiger partial charge in [-0.15, -0.1) is 0 Å². The van der Waals surface area contributed by atoms with Crippen molar-refractivity contribution < 1.29 is 18.7 Å². The first-order valence-electron chi connectivity index (χ1n) is 8.74. The first kappa shape index (κ1) is 19.0. The maximum atomic E-state index is 12.1. The first-order chi connectivity index (χ1) is 13.6. The van der Waals surface area contributed by atoms with Crippen molar-refractivity contribution in [3.8, 4) is 5.75 Å². The maximum Gasteiger partial charge on any atom is 0.336 e. The Hall–Kier alpha value is -3.74. The Labute approximate surface area is 162 Å². The van der Waals surface area contributed by atoms with Crippen LogP contribution >= 0.6 is 0 Å². The van der Waals surface area contributed by atoms with Gasteiger partial charge in [-0.05, 0) is 29.8 Å². The largest absolute Gasteiger partial charge is 0.486 e. The monoisotopic (exact) mass is 379 g/mol. The number of nitrogens with zero attached hydrogens (tertiary/aromatic N) is 1. The van der Waals surface area contributed by atoms with Gasteiger partial charge in [0.2, 0.25) is 0 Å². The predicted molar refractivity (Wildman–Crippen MR) is 103 cm³/mol. The maximum absolute atomic E-state index is 12.1. The number of benzene rings is 2. The van der Waals surface area contributed by atoms with Crippen LogP contribution < -0.4 is 15.6 Å². The molecule has 1 aromatic heterocycles. The molecule has 3 amide bonds. The van der Waals surface area contributed by atoms with Gasteiger partial charge < -0.3 is 14.1 Å². The van der Waals surface area contributed by atoms with Crippen LogP contribution in [0.15, 0.2) is 77.2 Å². The SMILES string of the molecule is CN(Cc1ccccc1)C(=O)NNC(=O)c1ccc(COc2ccccc2)o1. The van der Waals surface area contributed by atoms with Crippen LogP contribution in [0.25, 0.3) is 0 Å². The van der Waals surface area contributed by atoms with E-state index in [4.69, 9.17) is 9.15 Å². The number of nitrogens with one attached hydrogen (secondary N) is 2. The molecular formula is C21H21N3O4. The minimum Gasteiger partial charge on any atom is -0.486 e. The molecule has 0 atom stereocenters. The summed E-state index contributed by atoms with van der Waals surface area (Å²) in [6, 6.07) is 21.6. The number of urea groups is 1. The number of ether oxygens (including phenoxy) is 1. The molecule has 0 bridgehead atoms. The van der Waals surface area contributed by atoms with Gasteiger partial charge in [-0.25, -0.2) is 10.2 Å². The molecule has 3 aromatic rings. The molecule has 0 fully saturated rings. The fourth-order valence-corrected chi connectivity index (χ4v) is 2.45. The molecule has 7 nitrogen and oxygen atoms in total. The van der Waals surface area contributed by atoms with Gasteiger partial charge in [-0.3, -0.25) is 10.2 Å². The molecule has 0 aliphatic rings. The van der Waals surface area contributed by atoms with Gasteiger partial charge in [0, 0.05) is 13.6 Å². The number of carbonyl (C=O) groups excluding carboxylic acids is 2. The fourth-order valence-electron chi connectivity index (χ4n) is 2.45. The molecule has 0 aliphatic carbocycles. The highest BCUT2D eigenvalue weighted by Crippen LogP contribution is 2.13. The molecule has 0 radical (unpaired) electrons. The predicted octanol–water partition coefficient (Wildman–Crippen LogP) is 3.35. The van der Waals surface area contributed by atoms with Crippen molar-refractivity contribution in [2.45, 2.75) is 13.2 Å². The van der Waals surface area contributed by atoms with Crippen molar-refractivity contribution in [2.24, 2.45) is 0 Å². The summed E-state index contributed by atoms with van der Waals surface area (Å²) in [6.07, 6.45) is 0. The van der Waals surface area contributed by atoms with Crippen molar-refractivity contribution >= 4 is 11.9 Å². The van der Waals surface area contributed by atoms with E-state index in [-0.39, 0.29) is 12.4 Å². The first-order valence-corrected chi connectivity index (χ1v) is 8.74. The van der Waals surface area contributed by atoms with Crippen molar-refractivity contribution in [1.82, 2.24) is 15.8 Å². The third-order valence-corrected chi connectivity index (χ3v) is 3.90. The van der Waals surface area contributed by atoms with Crippen LogP contribution in [0.1, 0.15) is 21.9 Å². The van der Waals surface area contributed by atoms with Crippen LogP contribution in [-0.4, -0.2) is 23.9 Å². The summed E-state index contributed by atoms with van der Waals surface area (Å²) in [5, 5.41) is 0. The Morgan fingerprint density at radius 1 is 0.929 bits per heavy atom. The Kier molecular flexibility index (Phi) is 6.30. The molecular weight excluding hydrogens is 358 g/mol. The van der Waals surface area contributed by atoms with E-state index < -0.39 is 11.9 Å². The second kappa shape index (κ2) is 9.27. The van der Waals surface area contributed by atoms with Gasteiger partial charge in [0.05, 0.1) is 0 Å². The Morgan fingerprint density at radius 2 is 1.61 bits per heavy atom. The summed E-state index contributed by atoms with van der Waals surface area (Å²) in [6.45, 7) is 0.619. The van der Waals surface area contributed by atoms with Gasteiger partial charge in [0.25, 0.3) is 0 Å². The molecule has 2 aromatic carbocycles. The zero-order valence-electron chi connectivity index (χ0n) is 15.4. The highest BCUT2D eigenvalue weighted by molar-refractivity contribution is 5.92. The van der Waals surface area contributed by atoms with E-state index in [0.29, 0.717) is 18.1 Å². The molecule has 1 heterocycles. The van der Waals surface area contributed by atoms with E-state index in [1.807, 2.05) is 60.7 Å². The molecule has 144 valence electrons. The number of hydrogen-bond acceptors (Lipinski definition) is 4. The minimum atomic E-state index is -0.549. The topological polar surface area (TPSA) is 83.8 Å². The fraction of sp³-hybridized carbons (Fsp3) is 0.143. The van der Waals surface area contributed by atoms with Crippen LogP contribution in [0.5, 0.6) is 5.75 Å². The zero-order chi connectivity index (χ0) is 19.8. The second-order valence-electron chi connectivity index (χ2n) is 6.09. The lowest BCUT2D eigenvalue weighted by atomic mass is 10.2. The molecule has 0 saturated heterocycles. The van der Waals surface area contributed by atoms with Crippen LogP contribution in [-0.2, 0) is 13.2 Å². The molecule has 3 rings (SSSR count). The highest BCUT2D eigenvalue weighted by atomic mass is 16.5. The molecule has 7 heteroatoms. The van der Waals surface area contributed by atoms with Crippen molar-refractivity contribution in [3.05, 3.63) is 89.9 Å². The van der Waals surface area contributed by atoms with E-state index >= 15 is 0 Å². The quantitative estimate of drug-likeness (QED) is 0.644. The van der Waals surface area contributed by atoms with E-state index in [1.165, 1.54) is 11.0 Å². The lowest BCUT2D eigenvalue weighted by Crippen LogP contribution is -2.47. The molecule has 0 aliphatic heterocycles. The number of para-hydroxylation sites is 1. The summed E-state index contributed by atoms with van der Waals surface area (Å²) in [5.41, 5.74) is 5.69.